The molecule has 0 saturated heterocycles. The number of aromatic nitrogens is 1. The van der Waals surface area contributed by atoms with Gasteiger partial charge in [0, 0.05) is 17.0 Å². The Bertz CT molecular complexity index is 1110. The Kier molecular flexibility index (Phi) is 3.09. The van der Waals surface area contributed by atoms with Crippen molar-refractivity contribution in [3.8, 4) is 11.5 Å². The van der Waals surface area contributed by atoms with E-state index in [0.717, 1.165) is 34.2 Å². The second kappa shape index (κ2) is 4.95. The van der Waals surface area contributed by atoms with Crippen molar-refractivity contribution in [1.29, 1.82) is 0 Å². The van der Waals surface area contributed by atoms with Gasteiger partial charge in [0.15, 0.2) is 11.5 Å². The maximum Gasteiger partial charge on any atom is 0.231 e. The van der Waals surface area contributed by atoms with Crippen LogP contribution in [0.25, 0.3) is 21.7 Å². The highest BCUT2D eigenvalue weighted by atomic mass is 16.7. The number of rotatable bonds is 1. The quantitative estimate of drug-likeness (QED) is 0.491. The first-order valence-corrected chi connectivity index (χ1v) is 9.88. The van der Waals surface area contributed by atoms with Gasteiger partial charge >= 0.3 is 0 Å². The van der Waals surface area contributed by atoms with Crippen molar-refractivity contribution in [2.45, 2.75) is 58.8 Å². The third kappa shape index (κ3) is 1.80. The number of benzene rings is 2. The first-order chi connectivity index (χ1) is 12.7. The molecule has 0 saturated carbocycles. The molecule has 1 unspecified atom stereocenters. The van der Waals surface area contributed by atoms with Crippen molar-refractivity contribution in [3.63, 3.8) is 0 Å². The minimum Gasteiger partial charge on any atom is -0.454 e. The van der Waals surface area contributed by atoms with E-state index < -0.39 is 0 Å². The van der Waals surface area contributed by atoms with Crippen molar-refractivity contribution in [1.82, 2.24) is 4.98 Å². The van der Waals surface area contributed by atoms with Crippen molar-refractivity contribution in [3.05, 3.63) is 41.6 Å². The number of nitrogens with zero attached hydrogens (tertiary/aromatic N) is 1. The molecule has 1 atom stereocenters. The fraction of sp³-hybridized carbons (Fsp3) is 0.458. The van der Waals surface area contributed by atoms with Gasteiger partial charge in [0.25, 0.3) is 0 Å². The van der Waals surface area contributed by atoms with E-state index in [-0.39, 0.29) is 16.2 Å². The Morgan fingerprint density at radius 3 is 2.37 bits per heavy atom. The highest BCUT2D eigenvalue weighted by Crippen LogP contribution is 2.64. The zero-order chi connectivity index (χ0) is 19.2. The molecular formula is C24H27NO2. The van der Waals surface area contributed by atoms with Gasteiger partial charge in [-0.3, -0.25) is 4.98 Å². The van der Waals surface area contributed by atoms with E-state index in [1.807, 2.05) is 0 Å². The van der Waals surface area contributed by atoms with Crippen LogP contribution in [0.5, 0.6) is 11.5 Å². The molecule has 0 bridgehead atoms. The summed E-state index contributed by atoms with van der Waals surface area (Å²) in [7, 11) is 0. The summed E-state index contributed by atoms with van der Waals surface area (Å²) in [5.74, 6) is 1.64. The first-order valence-electron chi connectivity index (χ1n) is 9.88. The summed E-state index contributed by atoms with van der Waals surface area (Å²) >= 11 is 0. The van der Waals surface area contributed by atoms with Crippen molar-refractivity contribution >= 4 is 21.7 Å². The lowest BCUT2D eigenvalue weighted by molar-refractivity contribution is 0.108. The number of ether oxygens (including phenoxy) is 2. The summed E-state index contributed by atoms with van der Waals surface area (Å²) in [6.45, 7) is 14.6. The molecule has 2 aliphatic rings. The third-order valence-electron chi connectivity index (χ3n) is 8.22. The van der Waals surface area contributed by atoms with Gasteiger partial charge in [0.05, 0.1) is 5.52 Å². The molecule has 2 heterocycles. The molecule has 3 aromatic rings. The Morgan fingerprint density at radius 1 is 0.963 bits per heavy atom. The summed E-state index contributed by atoms with van der Waals surface area (Å²) in [4.78, 5) is 4.97. The zero-order valence-electron chi connectivity index (χ0n) is 17.1. The van der Waals surface area contributed by atoms with Crippen LogP contribution in [-0.2, 0) is 10.8 Å². The van der Waals surface area contributed by atoms with Crippen LogP contribution in [-0.4, -0.2) is 11.8 Å². The summed E-state index contributed by atoms with van der Waals surface area (Å²) in [5.41, 5.74) is 4.23. The minimum atomic E-state index is 0.0676. The van der Waals surface area contributed by atoms with E-state index in [1.165, 1.54) is 16.5 Å². The van der Waals surface area contributed by atoms with Gasteiger partial charge in [-0.25, -0.2) is 0 Å². The van der Waals surface area contributed by atoms with Crippen LogP contribution in [0.2, 0.25) is 0 Å². The van der Waals surface area contributed by atoms with Crippen molar-refractivity contribution < 1.29 is 9.47 Å². The lowest BCUT2D eigenvalue weighted by atomic mass is 9.57. The number of fused-ring (bicyclic) bond motifs is 6. The van der Waals surface area contributed by atoms with Crippen molar-refractivity contribution in [2.75, 3.05) is 6.79 Å². The summed E-state index contributed by atoms with van der Waals surface area (Å²) < 4.78 is 11.2. The molecule has 1 aliphatic heterocycles. The molecule has 1 aromatic heterocycles. The number of pyridine rings is 1. The highest BCUT2D eigenvalue weighted by molar-refractivity contribution is 6.08. The Hall–Kier alpha value is -2.29. The van der Waals surface area contributed by atoms with Gasteiger partial charge in [-0.05, 0) is 51.3 Å². The second-order valence-electron chi connectivity index (χ2n) is 9.37. The first kappa shape index (κ1) is 16.9. The van der Waals surface area contributed by atoms with Gasteiger partial charge in [-0.1, -0.05) is 53.7 Å². The fourth-order valence-corrected chi connectivity index (χ4v) is 5.40. The molecule has 0 radical (unpaired) electrons. The van der Waals surface area contributed by atoms with E-state index >= 15 is 0 Å². The predicted octanol–water partition coefficient (Wildman–Crippen LogP) is 6.10. The largest absolute Gasteiger partial charge is 0.454 e. The molecule has 5 rings (SSSR count). The third-order valence-corrected chi connectivity index (χ3v) is 8.22. The zero-order valence-corrected chi connectivity index (χ0v) is 17.1. The maximum absolute atomic E-state index is 5.63. The molecule has 1 aliphatic carbocycles. The van der Waals surface area contributed by atoms with Crippen LogP contribution in [0.4, 0.5) is 0 Å². The van der Waals surface area contributed by atoms with Gasteiger partial charge in [-0.2, -0.15) is 0 Å². The van der Waals surface area contributed by atoms with E-state index in [0.29, 0.717) is 6.79 Å². The molecule has 3 nitrogen and oxygen atoms in total. The minimum absolute atomic E-state index is 0.0676. The molecule has 0 spiro atoms. The maximum atomic E-state index is 5.63. The molecule has 27 heavy (non-hydrogen) atoms. The fourth-order valence-electron chi connectivity index (χ4n) is 5.40. The van der Waals surface area contributed by atoms with Crippen molar-refractivity contribution in [2.24, 2.45) is 5.41 Å². The molecule has 140 valence electrons. The average molecular weight is 361 g/mol. The molecule has 3 heteroatoms. The van der Waals surface area contributed by atoms with Gasteiger partial charge in [-0.15, -0.1) is 0 Å². The number of hydrogen-bond donors (Lipinski definition) is 0. The van der Waals surface area contributed by atoms with Gasteiger partial charge in [0.1, 0.15) is 0 Å². The monoisotopic (exact) mass is 361 g/mol. The van der Waals surface area contributed by atoms with E-state index in [1.54, 1.807) is 0 Å². The van der Waals surface area contributed by atoms with Crippen LogP contribution in [0.3, 0.4) is 0 Å². The van der Waals surface area contributed by atoms with Gasteiger partial charge < -0.3 is 9.47 Å². The standard InChI is InChI=1S/C24H27NO2/c1-7-24(6)20-15-9-8-14-10-18-19(27-13-26-18)11-16(14)21(15)25-12-17(20)22(2,3)23(24,4)5/h8-12H,7,13H2,1-6H3. The summed E-state index contributed by atoms with van der Waals surface area (Å²) in [5, 5.41) is 3.57. The Balaban J connectivity index is 1.91. The molecular weight excluding hydrogens is 334 g/mol. The van der Waals surface area contributed by atoms with E-state index in [4.69, 9.17) is 14.5 Å². The SMILES string of the molecule is CCC1(C)c2c(cnc3c2ccc2cc4c(cc23)OCO4)C(C)(C)C1(C)C. The predicted molar refractivity (Wildman–Crippen MR) is 110 cm³/mol. The Labute approximate surface area is 160 Å². The lowest BCUT2D eigenvalue weighted by Crippen LogP contribution is -2.43. The molecule has 2 aromatic carbocycles. The van der Waals surface area contributed by atoms with E-state index in [9.17, 15) is 0 Å². The van der Waals surface area contributed by atoms with Crippen LogP contribution in [0.1, 0.15) is 59.1 Å². The highest BCUT2D eigenvalue weighted by Gasteiger charge is 2.58. The second-order valence-corrected chi connectivity index (χ2v) is 9.37. The summed E-state index contributed by atoms with van der Waals surface area (Å²) in [6.07, 6.45) is 3.24. The van der Waals surface area contributed by atoms with Crippen LogP contribution in [0, 0.1) is 5.41 Å². The smallest absolute Gasteiger partial charge is 0.231 e. The van der Waals surface area contributed by atoms with Crippen LogP contribution in [0.15, 0.2) is 30.5 Å². The molecule has 0 fully saturated rings. The van der Waals surface area contributed by atoms with E-state index in [2.05, 4.69) is 72.0 Å². The summed E-state index contributed by atoms with van der Waals surface area (Å²) in [6, 6.07) is 8.62. The Morgan fingerprint density at radius 2 is 1.67 bits per heavy atom. The molecule has 0 N–H and O–H groups in total. The van der Waals surface area contributed by atoms with Gasteiger partial charge in [0.2, 0.25) is 6.79 Å². The lowest BCUT2D eigenvalue weighted by Gasteiger charge is -2.46. The average Bonchev–Trinajstić information content (AvgIpc) is 3.15. The molecule has 0 amide bonds. The topological polar surface area (TPSA) is 31.4 Å². The normalized spacial score (nSPS) is 24.5. The van der Waals surface area contributed by atoms with Crippen LogP contribution < -0.4 is 9.47 Å². The number of hydrogen-bond acceptors (Lipinski definition) is 3. The van der Waals surface area contributed by atoms with Crippen LogP contribution >= 0.6 is 0 Å².